The monoisotopic (exact) mass is 437 g/mol. The second-order valence-corrected chi connectivity index (χ2v) is 8.47. The molecule has 0 aliphatic carbocycles. The summed E-state index contributed by atoms with van der Waals surface area (Å²) in [5, 5.41) is 6.25. The van der Waals surface area contributed by atoms with Gasteiger partial charge in [-0.2, -0.15) is 0 Å². The summed E-state index contributed by atoms with van der Waals surface area (Å²) in [5.74, 6) is 1.12. The van der Waals surface area contributed by atoms with Crippen molar-refractivity contribution in [2.24, 2.45) is 0 Å². The highest BCUT2D eigenvalue weighted by Crippen LogP contribution is 2.34. The molecule has 1 aromatic heterocycles. The number of ether oxygens (including phenoxy) is 2. The number of aryl methyl sites for hydroxylation is 1. The van der Waals surface area contributed by atoms with Gasteiger partial charge in [0.1, 0.15) is 0 Å². The minimum Gasteiger partial charge on any atom is -0.454 e. The molecular formula is C23H23N3O4S. The summed E-state index contributed by atoms with van der Waals surface area (Å²) in [5.41, 5.74) is 2.54. The Morgan fingerprint density at radius 3 is 2.71 bits per heavy atom. The lowest BCUT2D eigenvalue weighted by Gasteiger charge is -2.13. The van der Waals surface area contributed by atoms with Gasteiger partial charge in [-0.15, -0.1) is 11.3 Å². The number of benzene rings is 2. The van der Waals surface area contributed by atoms with Crippen molar-refractivity contribution in [2.45, 2.75) is 32.7 Å². The second kappa shape index (κ2) is 9.18. The Kier molecular flexibility index (Phi) is 6.18. The number of hydrogen-bond donors (Lipinski definition) is 2. The molecule has 3 aromatic rings. The molecule has 7 nitrogen and oxygen atoms in total. The zero-order valence-corrected chi connectivity index (χ0v) is 18.1. The van der Waals surface area contributed by atoms with Gasteiger partial charge in [0.15, 0.2) is 16.6 Å². The highest BCUT2D eigenvalue weighted by atomic mass is 32.1. The van der Waals surface area contributed by atoms with E-state index in [1.807, 2.05) is 31.2 Å². The summed E-state index contributed by atoms with van der Waals surface area (Å²) >= 11 is 1.45. The van der Waals surface area contributed by atoms with Crippen molar-refractivity contribution in [1.82, 2.24) is 10.3 Å². The third-order valence-electron chi connectivity index (χ3n) is 4.85. The van der Waals surface area contributed by atoms with E-state index in [9.17, 15) is 9.59 Å². The number of rotatable bonds is 7. The van der Waals surface area contributed by atoms with E-state index in [2.05, 4.69) is 15.6 Å². The largest absolute Gasteiger partial charge is 0.454 e. The summed E-state index contributed by atoms with van der Waals surface area (Å²) in [6.07, 6.45) is 0.855. The number of amides is 2. The number of nitrogens with zero attached hydrogens (tertiary/aromatic N) is 1. The quantitative estimate of drug-likeness (QED) is 0.585. The fourth-order valence-corrected chi connectivity index (χ4v) is 4.29. The molecule has 1 aliphatic rings. The van der Waals surface area contributed by atoms with Crippen LogP contribution in [0.2, 0.25) is 0 Å². The molecule has 31 heavy (non-hydrogen) atoms. The van der Waals surface area contributed by atoms with Crippen LogP contribution >= 0.6 is 11.3 Å². The van der Waals surface area contributed by atoms with E-state index < -0.39 is 0 Å². The Balaban J connectivity index is 1.32. The molecule has 2 N–H and O–H groups in total. The van der Waals surface area contributed by atoms with E-state index in [1.165, 1.54) is 11.3 Å². The highest BCUT2D eigenvalue weighted by Gasteiger charge is 2.17. The van der Waals surface area contributed by atoms with E-state index in [4.69, 9.17) is 9.47 Å². The number of carbonyl (C=O) groups excluding carboxylic acids is 2. The molecule has 4 rings (SSSR count). The number of anilines is 1. The lowest BCUT2D eigenvalue weighted by atomic mass is 10.1. The van der Waals surface area contributed by atoms with Crippen LogP contribution in [0.5, 0.6) is 11.5 Å². The predicted molar refractivity (Wildman–Crippen MR) is 119 cm³/mol. The third-order valence-corrected chi connectivity index (χ3v) is 5.92. The fraction of sp³-hybridized carbons (Fsp3) is 0.261. The Morgan fingerprint density at radius 1 is 1.13 bits per heavy atom. The molecule has 1 atom stereocenters. The average Bonchev–Trinajstić information content (AvgIpc) is 3.34. The Bertz CT molecular complexity index is 1100. The van der Waals surface area contributed by atoms with Gasteiger partial charge >= 0.3 is 0 Å². The van der Waals surface area contributed by atoms with Crippen molar-refractivity contribution in [3.63, 3.8) is 0 Å². The van der Waals surface area contributed by atoms with E-state index in [0.29, 0.717) is 17.1 Å². The van der Waals surface area contributed by atoms with Crippen molar-refractivity contribution < 1.29 is 19.1 Å². The molecule has 2 amide bonds. The first-order chi connectivity index (χ1) is 15.0. The van der Waals surface area contributed by atoms with Crippen LogP contribution in [0.25, 0.3) is 0 Å². The van der Waals surface area contributed by atoms with Crippen LogP contribution in [0.4, 0.5) is 5.13 Å². The van der Waals surface area contributed by atoms with Crippen LogP contribution in [0.3, 0.4) is 0 Å². The Hall–Kier alpha value is -3.39. The Labute approximate surface area is 184 Å². The van der Waals surface area contributed by atoms with Crippen molar-refractivity contribution in [1.29, 1.82) is 0 Å². The van der Waals surface area contributed by atoms with E-state index in [-0.39, 0.29) is 31.1 Å². The zero-order valence-electron chi connectivity index (χ0n) is 17.3. The summed E-state index contributed by atoms with van der Waals surface area (Å²) in [6, 6.07) is 14.5. The molecule has 0 saturated carbocycles. The normalized spacial score (nSPS) is 13.0. The first kappa shape index (κ1) is 20.9. The van der Waals surface area contributed by atoms with Crippen molar-refractivity contribution in [2.75, 3.05) is 12.1 Å². The van der Waals surface area contributed by atoms with Gasteiger partial charge in [0.25, 0.3) is 5.91 Å². The van der Waals surface area contributed by atoms with E-state index in [0.717, 1.165) is 27.6 Å². The van der Waals surface area contributed by atoms with Crippen molar-refractivity contribution in [3.05, 3.63) is 70.2 Å². The third kappa shape index (κ3) is 5.21. The lowest BCUT2D eigenvalue weighted by Crippen LogP contribution is -2.35. The molecule has 0 radical (unpaired) electrons. The van der Waals surface area contributed by atoms with E-state index in [1.54, 1.807) is 31.2 Å². The van der Waals surface area contributed by atoms with Crippen LogP contribution in [0.15, 0.2) is 48.5 Å². The molecule has 1 unspecified atom stereocenters. The number of aromatic nitrogens is 1. The maximum atomic E-state index is 12.4. The summed E-state index contributed by atoms with van der Waals surface area (Å²) in [4.78, 5) is 30.2. The molecule has 2 aromatic carbocycles. The molecule has 1 aliphatic heterocycles. The van der Waals surface area contributed by atoms with Gasteiger partial charge in [-0.1, -0.05) is 24.3 Å². The topological polar surface area (TPSA) is 89.6 Å². The van der Waals surface area contributed by atoms with Gasteiger partial charge in [-0.3, -0.25) is 9.59 Å². The zero-order chi connectivity index (χ0) is 21.8. The molecule has 0 spiro atoms. The van der Waals surface area contributed by atoms with Gasteiger partial charge in [0.05, 0.1) is 5.69 Å². The standard InChI is InChI=1S/C23H23N3O4S/c1-14(24-22(28)17-6-4-3-5-7-17)10-21(27)26-23-25-15(2)20(31-23)12-16-8-9-18-19(11-16)30-13-29-18/h3-9,11,14H,10,12-13H2,1-2H3,(H,24,28)(H,25,26,27). The van der Waals surface area contributed by atoms with Crippen LogP contribution in [0.1, 0.15) is 39.8 Å². The van der Waals surface area contributed by atoms with Crippen molar-refractivity contribution >= 4 is 28.3 Å². The SMILES string of the molecule is Cc1nc(NC(=O)CC(C)NC(=O)c2ccccc2)sc1Cc1ccc2c(c1)OCO2. The number of hydrogen-bond acceptors (Lipinski definition) is 6. The summed E-state index contributed by atoms with van der Waals surface area (Å²) in [6.45, 7) is 3.98. The molecule has 160 valence electrons. The van der Waals surface area contributed by atoms with Crippen LogP contribution in [0, 0.1) is 6.92 Å². The number of carbonyl (C=O) groups is 2. The minimum atomic E-state index is -0.304. The maximum absolute atomic E-state index is 12.4. The predicted octanol–water partition coefficient (Wildman–Crippen LogP) is 3.92. The van der Waals surface area contributed by atoms with Gasteiger partial charge in [-0.25, -0.2) is 4.98 Å². The van der Waals surface area contributed by atoms with Gasteiger partial charge in [0.2, 0.25) is 12.7 Å². The molecule has 8 heteroatoms. The summed E-state index contributed by atoms with van der Waals surface area (Å²) in [7, 11) is 0. The molecular weight excluding hydrogens is 414 g/mol. The van der Waals surface area contributed by atoms with E-state index >= 15 is 0 Å². The molecule has 2 heterocycles. The maximum Gasteiger partial charge on any atom is 0.251 e. The smallest absolute Gasteiger partial charge is 0.251 e. The van der Waals surface area contributed by atoms with Gasteiger partial charge in [-0.05, 0) is 43.7 Å². The second-order valence-electron chi connectivity index (χ2n) is 7.38. The highest BCUT2D eigenvalue weighted by molar-refractivity contribution is 7.15. The minimum absolute atomic E-state index is 0.161. The van der Waals surface area contributed by atoms with Gasteiger partial charge < -0.3 is 20.1 Å². The molecule has 0 saturated heterocycles. The van der Waals surface area contributed by atoms with Crippen LogP contribution < -0.4 is 20.1 Å². The summed E-state index contributed by atoms with van der Waals surface area (Å²) < 4.78 is 10.8. The lowest BCUT2D eigenvalue weighted by molar-refractivity contribution is -0.116. The first-order valence-electron chi connectivity index (χ1n) is 9.98. The molecule has 0 fully saturated rings. The van der Waals surface area contributed by atoms with Crippen molar-refractivity contribution in [3.8, 4) is 11.5 Å². The average molecular weight is 438 g/mol. The number of fused-ring (bicyclic) bond motifs is 1. The number of thiazole rings is 1. The van der Waals surface area contributed by atoms with Crippen LogP contribution in [-0.2, 0) is 11.2 Å². The fourth-order valence-electron chi connectivity index (χ4n) is 3.28. The Morgan fingerprint density at radius 2 is 1.90 bits per heavy atom. The first-order valence-corrected chi connectivity index (χ1v) is 10.8. The van der Waals surface area contributed by atoms with Gasteiger partial charge in [0, 0.05) is 29.3 Å². The number of nitrogens with one attached hydrogen (secondary N) is 2. The molecule has 0 bridgehead atoms. The van der Waals surface area contributed by atoms with Crippen LogP contribution in [-0.4, -0.2) is 29.6 Å².